The summed E-state index contributed by atoms with van der Waals surface area (Å²) in [4.78, 5) is 10.5. The molecular weight excluding hydrogens is 222 g/mol. The first-order chi connectivity index (χ1) is 8.76. The van der Waals surface area contributed by atoms with Crippen LogP contribution in [-0.2, 0) is 6.54 Å². The van der Waals surface area contributed by atoms with E-state index < -0.39 is 0 Å². The SMILES string of the molecule is C#CCN(CC(=C)/N=C\C=C)Cc1ccccn1. The van der Waals surface area contributed by atoms with Crippen LogP contribution in [0.25, 0.3) is 0 Å². The van der Waals surface area contributed by atoms with Gasteiger partial charge in [0.15, 0.2) is 0 Å². The molecule has 3 heteroatoms. The molecule has 0 amide bonds. The van der Waals surface area contributed by atoms with Gasteiger partial charge in [0.1, 0.15) is 0 Å². The fraction of sp³-hybridized carbons (Fsp3) is 0.200. The lowest BCUT2D eigenvalue weighted by atomic mass is 10.3. The number of hydrogen-bond acceptors (Lipinski definition) is 3. The summed E-state index contributed by atoms with van der Waals surface area (Å²) in [7, 11) is 0. The maximum atomic E-state index is 5.36. The van der Waals surface area contributed by atoms with Crippen LogP contribution in [0.1, 0.15) is 5.69 Å². The van der Waals surface area contributed by atoms with E-state index in [0.717, 1.165) is 11.4 Å². The number of nitrogens with zero attached hydrogens (tertiary/aromatic N) is 3. The molecule has 0 saturated carbocycles. The molecule has 1 aromatic heterocycles. The number of hydrogen-bond donors (Lipinski definition) is 0. The Kier molecular flexibility index (Phi) is 6.16. The highest BCUT2D eigenvalue weighted by atomic mass is 15.1. The number of pyridine rings is 1. The second-order valence-electron chi connectivity index (χ2n) is 3.75. The van der Waals surface area contributed by atoms with Gasteiger partial charge in [-0.25, -0.2) is 0 Å². The third-order valence-electron chi connectivity index (χ3n) is 2.20. The second-order valence-corrected chi connectivity index (χ2v) is 3.75. The molecule has 0 aliphatic heterocycles. The van der Waals surface area contributed by atoms with E-state index in [1.54, 1.807) is 18.5 Å². The zero-order valence-electron chi connectivity index (χ0n) is 10.4. The molecule has 0 radical (unpaired) electrons. The summed E-state index contributed by atoms with van der Waals surface area (Å²) in [5.41, 5.74) is 1.73. The minimum atomic E-state index is 0.541. The second kappa shape index (κ2) is 7.99. The molecule has 0 unspecified atom stereocenters. The van der Waals surface area contributed by atoms with Crippen molar-refractivity contribution in [1.29, 1.82) is 0 Å². The largest absolute Gasteiger partial charge is 0.281 e. The zero-order valence-corrected chi connectivity index (χ0v) is 10.4. The van der Waals surface area contributed by atoms with Gasteiger partial charge in [-0.1, -0.05) is 31.2 Å². The molecule has 0 aromatic carbocycles. The van der Waals surface area contributed by atoms with Gasteiger partial charge >= 0.3 is 0 Å². The van der Waals surface area contributed by atoms with Gasteiger partial charge in [0.2, 0.25) is 0 Å². The zero-order chi connectivity index (χ0) is 13.2. The third-order valence-corrected chi connectivity index (χ3v) is 2.20. The highest BCUT2D eigenvalue weighted by molar-refractivity contribution is 5.71. The first kappa shape index (κ1) is 13.9. The van der Waals surface area contributed by atoms with Crippen LogP contribution in [0.4, 0.5) is 0 Å². The van der Waals surface area contributed by atoms with Gasteiger partial charge in [0, 0.05) is 31.2 Å². The standard InChI is InChI=1S/C15H17N3/c1-4-9-16-14(3)12-18(11-5-2)13-15-8-6-7-10-17-15/h2,4,6-10H,1,3,11-13H2/b16-9-. The summed E-state index contributed by atoms with van der Waals surface area (Å²) >= 11 is 0. The normalized spacial score (nSPS) is 10.4. The number of aromatic nitrogens is 1. The van der Waals surface area contributed by atoms with Crippen molar-refractivity contribution in [2.75, 3.05) is 13.1 Å². The van der Waals surface area contributed by atoms with E-state index in [1.807, 2.05) is 18.2 Å². The number of terminal acetylenes is 1. The molecule has 0 bridgehead atoms. The Morgan fingerprint density at radius 1 is 1.56 bits per heavy atom. The predicted molar refractivity (Wildman–Crippen MR) is 76.2 cm³/mol. The Morgan fingerprint density at radius 2 is 2.39 bits per heavy atom. The molecule has 0 spiro atoms. The fourth-order valence-corrected chi connectivity index (χ4v) is 1.47. The summed E-state index contributed by atoms with van der Waals surface area (Å²) in [5.74, 6) is 2.63. The summed E-state index contributed by atoms with van der Waals surface area (Å²) in [6.07, 6.45) is 10.4. The summed E-state index contributed by atoms with van der Waals surface area (Å²) in [6, 6.07) is 5.82. The Morgan fingerprint density at radius 3 is 3.00 bits per heavy atom. The van der Waals surface area contributed by atoms with Crippen LogP contribution in [0.15, 0.2) is 54.3 Å². The Hall–Kier alpha value is -2.18. The van der Waals surface area contributed by atoms with Gasteiger partial charge in [-0.05, 0) is 12.1 Å². The van der Waals surface area contributed by atoms with Crippen molar-refractivity contribution in [3.8, 4) is 12.3 Å². The highest BCUT2D eigenvalue weighted by Gasteiger charge is 2.06. The van der Waals surface area contributed by atoms with Crippen LogP contribution < -0.4 is 0 Å². The summed E-state index contributed by atoms with van der Waals surface area (Å²) in [6.45, 7) is 9.29. The molecule has 0 fully saturated rings. The van der Waals surface area contributed by atoms with Gasteiger partial charge in [0.05, 0.1) is 12.2 Å². The molecule has 0 atom stereocenters. The van der Waals surface area contributed by atoms with E-state index in [1.165, 1.54) is 0 Å². The average Bonchev–Trinajstić information content (AvgIpc) is 2.38. The van der Waals surface area contributed by atoms with Crippen LogP contribution in [0.5, 0.6) is 0 Å². The molecule has 1 aromatic rings. The van der Waals surface area contributed by atoms with Gasteiger partial charge in [0.25, 0.3) is 0 Å². The number of aliphatic imine (C=N–C) groups is 1. The molecular formula is C15H17N3. The summed E-state index contributed by atoms with van der Waals surface area (Å²) in [5, 5.41) is 0. The molecule has 18 heavy (non-hydrogen) atoms. The third kappa shape index (κ3) is 5.24. The highest BCUT2D eigenvalue weighted by Crippen LogP contribution is 2.04. The van der Waals surface area contributed by atoms with Crippen molar-refractivity contribution >= 4 is 6.21 Å². The topological polar surface area (TPSA) is 28.5 Å². The lowest BCUT2D eigenvalue weighted by Gasteiger charge is -2.18. The van der Waals surface area contributed by atoms with E-state index in [0.29, 0.717) is 19.6 Å². The van der Waals surface area contributed by atoms with Crippen LogP contribution in [-0.4, -0.2) is 29.2 Å². The molecule has 0 saturated heterocycles. The fourth-order valence-electron chi connectivity index (χ4n) is 1.47. The van der Waals surface area contributed by atoms with Crippen molar-refractivity contribution in [3.63, 3.8) is 0 Å². The van der Waals surface area contributed by atoms with Crippen LogP contribution in [0.3, 0.4) is 0 Å². The lowest BCUT2D eigenvalue weighted by Crippen LogP contribution is -2.26. The van der Waals surface area contributed by atoms with Gasteiger partial charge < -0.3 is 0 Å². The van der Waals surface area contributed by atoms with E-state index >= 15 is 0 Å². The maximum absolute atomic E-state index is 5.36. The van der Waals surface area contributed by atoms with E-state index in [-0.39, 0.29) is 0 Å². The molecule has 0 aliphatic carbocycles. The van der Waals surface area contributed by atoms with Crippen molar-refractivity contribution in [2.24, 2.45) is 4.99 Å². The first-order valence-electron chi connectivity index (χ1n) is 5.65. The Balaban J connectivity index is 2.60. The quantitative estimate of drug-likeness (QED) is 0.539. The van der Waals surface area contributed by atoms with E-state index in [9.17, 15) is 0 Å². The van der Waals surface area contributed by atoms with E-state index in [4.69, 9.17) is 6.42 Å². The minimum absolute atomic E-state index is 0.541. The lowest BCUT2D eigenvalue weighted by molar-refractivity contribution is 0.320. The molecule has 0 aliphatic rings. The predicted octanol–water partition coefficient (Wildman–Crippen LogP) is 2.29. The van der Waals surface area contributed by atoms with Gasteiger partial charge in [-0.3, -0.25) is 14.9 Å². The van der Waals surface area contributed by atoms with Crippen molar-refractivity contribution in [3.05, 3.63) is 55.0 Å². The maximum Gasteiger partial charge on any atom is 0.0606 e. The average molecular weight is 239 g/mol. The summed E-state index contributed by atoms with van der Waals surface area (Å²) < 4.78 is 0. The van der Waals surface area contributed by atoms with E-state index in [2.05, 4.69) is 34.0 Å². The van der Waals surface area contributed by atoms with Gasteiger partial charge in [-0.15, -0.1) is 6.42 Å². The van der Waals surface area contributed by atoms with Crippen molar-refractivity contribution in [2.45, 2.75) is 6.54 Å². The van der Waals surface area contributed by atoms with Crippen molar-refractivity contribution < 1.29 is 0 Å². The molecule has 3 nitrogen and oxygen atoms in total. The smallest absolute Gasteiger partial charge is 0.0606 e. The number of rotatable bonds is 7. The van der Waals surface area contributed by atoms with Crippen molar-refractivity contribution in [1.82, 2.24) is 9.88 Å². The molecule has 0 N–H and O–H groups in total. The molecule has 1 heterocycles. The number of allylic oxidation sites excluding steroid dienone is 1. The molecule has 1 rings (SSSR count). The monoisotopic (exact) mass is 239 g/mol. The minimum Gasteiger partial charge on any atom is -0.281 e. The molecule has 92 valence electrons. The van der Waals surface area contributed by atoms with Crippen LogP contribution in [0.2, 0.25) is 0 Å². The van der Waals surface area contributed by atoms with Crippen LogP contribution >= 0.6 is 0 Å². The Labute approximate surface area is 109 Å². The van der Waals surface area contributed by atoms with Gasteiger partial charge in [-0.2, -0.15) is 0 Å². The van der Waals surface area contributed by atoms with Crippen LogP contribution in [0, 0.1) is 12.3 Å². The first-order valence-corrected chi connectivity index (χ1v) is 5.65. The Bertz CT molecular complexity index is 454.